The maximum Gasteiger partial charge on any atom is 0.324 e. The minimum absolute atomic E-state index is 0.0739. The Labute approximate surface area is 158 Å². The van der Waals surface area contributed by atoms with Crippen LogP contribution in [0.3, 0.4) is 0 Å². The number of carbonyl (C=O) groups excluding carboxylic acids is 4. The first-order valence-electron chi connectivity index (χ1n) is 8.95. The van der Waals surface area contributed by atoms with Crippen molar-refractivity contribution in [3.8, 4) is 0 Å². The smallest absolute Gasteiger partial charge is 0.324 e. The molecule has 0 radical (unpaired) electrons. The van der Waals surface area contributed by atoms with Gasteiger partial charge in [-0.15, -0.1) is 0 Å². The molecule has 4 N–H and O–H groups in total. The van der Waals surface area contributed by atoms with Crippen LogP contribution in [-0.4, -0.2) is 60.6 Å². The van der Waals surface area contributed by atoms with Crippen molar-refractivity contribution in [2.24, 2.45) is 0 Å². The quantitative estimate of drug-likeness (QED) is 0.380. The predicted octanol–water partition coefficient (Wildman–Crippen LogP) is -0.173. The second-order valence-electron chi connectivity index (χ2n) is 6.95. The predicted molar refractivity (Wildman–Crippen MR) is 87.5 cm³/mol. The molecular formula is C16H22F4N4O4. The Bertz CT molecular complexity index is 590. The molecule has 4 amide bonds. The van der Waals surface area contributed by atoms with Gasteiger partial charge in [0.15, 0.2) is 0 Å². The molecule has 28 heavy (non-hydrogen) atoms. The Balaban J connectivity index is 1.75. The van der Waals surface area contributed by atoms with E-state index in [0.717, 1.165) is 0 Å². The summed E-state index contributed by atoms with van der Waals surface area (Å²) in [6, 6.07) is -1.47. The summed E-state index contributed by atoms with van der Waals surface area (Å²) in [5.74, 6) is -11.9. The van der Waals surface area contributed by atoms with Gasteiger partial charge in [-0.3, -0.25) is 19.2 Å². The lowest BCUT2D eigenvalue weighted by molar-refractivity contribution is -0.146. The van der Waals surface area contributed by atoms with Crippen molar-refractivity contribution in [3.63, 3.8) is 0 Å². The topological polar surface area (TPSA) is 116 Å². The average Bonchev–Trinajstić information content (AvgIpc) is 2.82. The third-order valence-corrected chi connectivity index (χ3v) is 4.65. The molecule has 2 heterocycles. The Kier molecular flexibility index (Phi) is 6.83. The van der Waals surface area contributed by atoms with Gasteiger partial charge in [0.25, 0.3) is 11.8 Å². The summed E-state index contributed by atoms with van der Waals surface area (Å²) < 4.78 is 53.2. The molecule has 2 aliphatic heterocycles. The van der Waals surface area contributed by atoms with Gasteiger partial charge < -0.3 is 21.3 Å². The van der Waals surface area contributed by atoms with Crippen LogP contribution in [0.2, 0.25) is 0 Å². The zero-order chi connectivity index (χ0) is 20.9. The highest BCUT2D eigenvalue weighted by Crippen LogP contribution is 2.26. The average molecular weight is 410 g/mol. The van der Waals surface area contributed by atoms with Gasteiger partial charge in [0.05, 0.1) is 0 Å². The molecule has 0 spiro atoms. The highest BCUT2D eigenvalue weighted by atomic mass is 19.3. The van der Waals surface area contributed by atoms with Gasteiger partial charge in [0.1, 0.15) is 0 Å². The summed E-state index contributed by atoms with van der Waals surface area (Å²) >= 11 is 0. The minimum atomic E-state index is -3.46. The number of carbonyl (C=O) groups is 4. The van der Waals surface area contributed by atoms with Crippen LogP contribution in [0, 0.1) is 0 Å². The van der Waals surface area contributed by atoms with Crippen molar-refractivity contribution < 1.29 is 36.7 Å². The van der Waals surface area contributed by atoms with E-state index < -0.39 is 60.4 Å². The van der Waals surface area contributed by atoms with E-state index >= 15 is 0 Å². The van der Waals surface area contributed by atoms with Gasteiger partial charge in [-0.1, -0.05) is 0 Å². The van der Waals surface area contributed by atoms with Crippen LogP contribution in [0.1, 0.15) is 38.5 Å². The molecule has 0 aromatic carbocycles. The van der Waals surface area contributed by atoms with Crippen LogP contribution < -0.4 is 21.3 Å². The van der Waals surface area contributed by atoms with Gasteiger partial charge >= 0.3 is 23.7 Å². The van der Waals surface area contributed by atoms with E-state index in [4.69, 9.17) is 0 Å². The van der Waals surface area contributed by atoms with Crippen LogP contribution in [0.25, 0.3) is 0 Å². The van der Waals surface area contributed by atoms with Crippen LogP contribution in [0.5, 0.6) is 0 Å². The van der Waals surface area contributed by atoms with E-state index in [9.17, 15) is 36.7 Å². The van der Waals surface area contributed by atoms with Gasteiger partial charge in [-0.05, 0) is 25.7 Å². The number of nitrogens with one attached hydrogen (secondary N) is 4. The highest BCUT2D eigenvalue weighted by Gasteiger charge is 2.42. The van der Waals surface area contributed by atoms with E-state index in [-0.39, 0.29) is 38.8 Å². The fourth-order valence-electron chi connectivity index (χ4n) is 2.99. The largest absolute Gasteiger partial charge is 0.346 e. The van der Waals surface area contributed by atoms with Crippen LogP contribution >= 0.6 is 0 Å². The molecule has 0 aromatic heterocycles. The van der Waals surface area contributed by atoms with Crippen LogP contribution in [-0.2, 0) is 19.2 Å². The second-order valence-corrected chi connectivity index (χ2v) is 6.95. The zero-order valence-corrected chi connectivity index (χ0v) is 15.0. The van der Waals surface area contributed by atoms with Crippen molar-refractivity contribution in [1.29, 1.82) is 0 Å². The molecule has 2 fully saturated rings. The molecule has 2 aliphatic rings. The van der Waals surface area contributed by atoms with Gasteiger partial charge in [-0.2, -0.15) is 17.6 Å². The molecule has 0 bridgehead atoms. The standard InChI is InChI=1S/C16H22F4N4O4/c17-15(18)5-1-3-9(23-13(15)27)7-21-11(25)12(26)22-8-10-4-2-6-16(19,20)14(28)24-10/h9-10H,1-8H2,(H,21,25)(H,22,26)(H,23,27)(H,24,28). The maximum absolute atomic E-state index is 13.3. The number of rotatable bonds is 4. The molecule has 8 nitrogen and oxygen atoms in total. The number of alkyl halides is 4. The fourth-order valence-corrected chi connectivity index (χ4v) is 2.99. The lowest BCUT2D eigenvalue weighted by atomic mass is 10.1. The van der Waals surface area contributed by atoms with Gasteiger partial charge in [-0.25, -0.2) is 0 Å². The van der Waals surface area contributed by atoms with E-state index in [1.165, 1.54) is 0 Å². The Morgan fingerprint density at radius 1 is 0.821 bits per heavy atom. The third-order valence-electron chi connectivity index (χ3n) is 4.65. The molecule has 2 atom stereocenters. The Hall–Kier alpha value is -2.40. The van der Waals surface area contributed by atoms with Gasteiger partial charge in [0, 0.05) is 38.0 Å². The normalized spacial score (nSPS) is 26.9. The minimum Gasteiger partial charge on any atom is -0.346 e. The summed E-state index contributed by atoms with van der Waals surface area (Å²) in [5, 5.41) is 8.69. The third kappa shape index (κ3) is 5.80. The maximum atomic E-state index is 13.3. The Morgan fingerprint density at radius 2 is 1.18 bits per heavy atom. The van der Waals surface area contributed by atoms with Crippen molar-refractivity contribution in [3.05, 3.63) is 0 Å². The lowest BCUT2D eigenvalue weighted by Crippen LogP contribution is -2.51. The second kappa shape index (κ2) is 8.74. The fraction of sp³-hybridized carbons (Fsp3) is 0.750. The first kappa shape index (κ1) is 21.9. The molecule has 2 unspecified atom stereocenters. The zero-order valence-electron chi connectivity index (χ0n) is 15.0. The highest BCUT2D eigenvalue weighted by molar-refractivity contribution is 6.35. The summed E-state index contributed by atoms with van der Waals surface area (Å²) in [4.78, 5) is 46.3. The molecule has 2 rings (SSSR count). The van der Waals surface area contributed by atoms with Crippen molar-refractivity contribution in [2.45, 2.75) is 62.5 Å². The van der Waals surface area contributed by atoms with Crippen molar-refractivity contribution >= 4 is 23.6 Å². The molecule has 12 heteroatoms. The molecule has 0 aliphatic carbocycles. The summed E-state index contributed by atoms with van der Waals surface area (Å²) in [6.07, 6.45) is -0.599. The lowest BCUT2D eigenvalue weighted by Gasteiger charge is -2.19. The number of hydrogen-bond donors (Lipinski definition) is 4. The monoisotopic (exact) mass is 410 g/mol. The van der Waals surface area contributed by atoms with Gasteiger partial charge in [0.2, 0.25) is 0 Å². The SMILES string of the molecule is O=C(NCC1CCCC(F)(F)C(=O)N1)C(=O)NCC1CCCC(F)(F)C(=O)N1. The molecule has 0 saturated carbocycles. The summed E-state index contributed by atoms with van der Waals surface area (Å²) in [5.41, 5.74) is 0. The number of halogens is 4. The molecule has 158 valence electrons. The van der Waals surface area contributed by atoms with E-state index in [1.54, 1.807) is 0 Å². The number of amides is 4. The van der Waals surface area contributed by atoms with Crippen LogP contribution in [0.4, 0.5) is 17.6 Å². The molecule has 2 saturated heterocycles. The van der Waals surface area contributed by atoms with E-state index in [2.05, 4.69) is 21.3 Å². The Morgan fingerprint density at radius 3 is 1.54 bits per heavy atom. The van der Waals surface area contributed by atoms with E-state index in [0.29, 0.717) is 0 Å². The first-order chi connectivity index (χ1) is 13.0. The molecule has 0 aromatic rings. The van der Waals surface area contributed by atoms with Crippen LogP contribution in [0.15, 0.2) is 0 Å². The van der Waals surface area contributed by atoms with Crippen molar-refractivity contribution in [2.75, 3.05) is 13.1 Å². The number of hydrogen-bond acceptors (Lipinski definition) is 4. The summed E-state index contributed by atoms with van der Waals surface area (Å²) in [6.45, 7) is -0.416. The van der Waals surface area contributed by atoms with E-state index in [1.807, 2.05) is 0 Å². The summed E-state index contributed by atoms with van der Waals surface area (Å²) in [7, 11) is 0. The molecular weight excluding hydrogens is 388 g/mol. The van der Waals surface area contributed by atoms with Crippen molar-refractivity contribution in [1.82, 2.24) is 21.3 Å². The first-order valence-corrected chi connectivity index (χ1v) is 8.95.